The van der Waals surface area contributed by atoms with Crippen molar-refractivity contribution in [3.05, 3.63) is 27.5 Å². The Bertz CT molecular complexity index is 586. The number of carbonyl (C=O) groups is 1. The highest BCUT2D eigenvalue weighted by Crippen LogP contribution is 2.31. The molecule has 1 fully saturated rings. The first-order valence-electron chi connectivity index (χ1n) is 8.60. The fourth-order valence-electron chi connectivity index (χ4n) is 2.89. The van der Waals surface area contributed by atoms with Gasteiger partial charge in [-0.25, -0.2) is 4.98 Å². The molecule has 0 saturated carbocycles. The first kappa shape index (κ1) is 20.6. The fourth-order valence-corrected chi connectivity index (χ4v) is 3.66. The number of ether oxygens (including phenoxy) is 2. The lowest BCUT2D eigenvalue weighted by Gasteiger charge is -2.38. The lowest BCUT2D eigenvalue weighted by Crippen LogP contribution is -2.50. The highest BCUT2D eigenvalue weighted by Gasteiger charge is 2.32. The van der Waals surface area contributed by atoms with E-state index in [0.29, 0.717) is 29.2 Å². The number of carbonyl (C=O) groups excluding carboxylic acids is 1. The standard InChI is InChI=1S/C18H26BrClN2O3/c1-5-12-10-24-17(11-8-14(19)22-15(20)9-11)13(21-12)6-7-16(23)25-18(2,3)4/h8-9,12-13,17,21H,5-7,10H2,1-4H3. The van der Waals surface area contributed by atoms with Gasteiger partial charge in [0.1, 0.15) is 15.4 Å². The van der Waals surface area contributed by atoms with Crippen molar-refractivity contribution in [3.8, 4) is 0 Å². The van der Waals surface area contributed by atoms with Gasteiger partial charge in [-0.1, -0.05) is 18.5 Å². The van der Waals surface area contributed by atoms with E-state index in [1.807, 2.05) is 32.9 Å². The molecule has 2 heterocycles. The summed E-state index contributed by atoms with van der Waals surface area (Å²) in [5.74, 6) is -0.194. The Morgan fingerprint density at radius 3 is 2.80 bits per heavy atom. The summed E-state index contributed by atoms with van der Waals surface area (Å²) in [7, 11) is 0. The predicted molar refractivity (Wildman–Crippen MR) is 102 cm³/mol. The van der Waals surface area contributed by atoms with Crippen molar-refractivity contribution in [3.63, 3.8) is 0 Å². The molecule has 0 radical (unpaired) electrons. The molecule has 7 heteroatoms. The summed E-state index contributed by atoms with van der Waals surface area (Å²) >= 11 is 9.46. The molecule has 3 unspecified atom stereocenters. The summed E-state index contributed by atoms with van der Waals surface area (Å²) in [5.41, 5.74) is 0.478. The third kappa shape index (κ3) is 6.51. The van der Waals surface area contributed by atoms with E-state index >= 15 is 0 Å². The molecule has 25 heavy (non-hydrogen) atoms. The molecule has 1 saturated heterocycles. The number of pyridine rings is 1. The van der Waals surface area contributed by atoms with E-state index in [1.165, 1.54) is 0 Å². The number of nitrogens with one attached hydrogen (secondary N) is 1. The third-order valence-electron chi connectivity index (χ3n) is 3.98. The number of hydrogen-bond donors (Lipinski definition) is 1. The molecule has 1 aliphatic rings. The molecule has 0 aliphatic carbocycles. The van der Waals surface area contributed by atoms with Gasteiger partial charge in [0.2, 0.25) is 0 Å². The molecular formula is C18H26BrClN2O3. The summed E-state index contributed by atoms with van der Waals surface area (Å²) in [5, 5.41) is 4.01. The van der Waals surface area contributed by atoms with Crippen LogP contribution in [0.2, 0.25) is 5.15 Å². The van der Waals surface area contributed by atoms with Gasteiger partial charge >= 0.3 is 5.97 Å². The van der Waals surface area contributed by atoms with E-state index in [9.17, 15) is 4.79 Å². The van der Waals surface area contributed by atoms with E-state index in [2.05, 4.69) is 33.2 Å². The summed E-state index contributed by atoms with van der Waals surface area (Å²) in [6.45, 7) is 8.37. The zero-order valence-electron chi connectivity index (χ0n) is 15.1. The van der Waals surface area contributed by atoms with Gasteiger partial charge in [-0.2, -0.15) is 0 Å². The minimum Gasteiger partial charge on any atom is -0.460 e. The topological polar surface area (TPSA) is 60.5 Å². The summed E-state index contributed by atoms with van der Waals surface area (Å²) in [6.07, 6.45) is 1.76. The van der Waals surface area contributed by atoms with Gasteiger partial charge in [-0.3, -0.25) is 4.79 Å². The summed E-state index contributed by atoms with van der Waals surface area (Å²) in [4.78, 5) is 16.2. The van der Waals surface area contributed by atoms with Crippen LogP contribution in [0, 0.1) is 0 Å². The van der Waals surface area contributed by atoms with Crippen LogP contribution in [-0.4, -0.2) is 35.2 Å². The monoisotopic (exact) mass is 432 g/mol. The van der Waals surface area contributed by atoms with Crippen molar-refractivity contribution < 1.29 is 14.3 Å². The molecule has 1 aromatic heterocycles. The number of halogens is 2. The Hall–Kier alpha value is -0.690. The zero-order chi connectivity index (χ0) is 18.6. The first-order chi connectivity index (χ1) is 11.7. The van der Waals surface area contributed by atoms with Crippen molar-refractivity contribution >= 4 is 33.5 Å². The molecule has 140 valence electrons. The highest BCUT2D eigenvalue weighted by atomic mass is 79.9. The molecule has 0 aromatic carbocycles. The van der Waals surface area contributed by atoms with Crippen LogP contribution in [0.15, 0.2) is 16.7 Å². The van der Waals surface area contributed by atoms with E-state index in [0.717, 1.165) is 12.0 Å². The maximum Gasteiger partial charge on any atom is 0.306 e. The Kier molecular flexibility index (Phi) is 7.26. The zero-order valence-corrected chi connectivity index (χ0v) is 17.5. The molecule has 1 N–H and O–H groups in total. The molecule has 0 amide bonds. The molecule has 1 aliphatic heterocycles. The van der Waals surface area contributed by atoms with Gasteiger partial charge in [-0.05, 0) is 67.2 Å². The Balaban J connectivity index is 2.10. The second-order valence-corrected chi connectivity index (χ2v) is 8.50. The average Bonchev–Trinajstić information content (AvgIpc) is 2.50. The van der Waals surface area contributed by atoms with E-state index < -0.39 is 5.60 Å². The molecular weight excluding hydrogens is 408 g/mol. The van der Waals surface area contributed by atoms with Gasteiger partial charge in [0.15, 0.2) is 0 Å². The highest BCUT2D eigenvalue weighted by molar-refractivity contribution is 9.10. The Labute approximate surface area is 162 Å². The fraction of sp³-hybridized carbons (Fsp3) is 0.667. The Morgan fingerprint density at radius 2 is 2.20 bits per heavy atom. The number of rotatable bonds is 5. The van der Waals surface area contributed by atoms with Gasteiger partial charge < -0.3 is 14.8 Å². The van der Waals surface area contributed by atoms with Crippen molar-refractivity contribution in [2.75, 3.05) is 6.61 Å². The smallest absolute Gasteiger partial charge is 0.306 e. The van der Waals surface area contributed by atoms with Crippen LogP contribution in [-0.2, 0) is 14.3 Å². The molecule has 5 nitrogen and oxygen atoms in total. The van der Waals surface area contributed by atoms with Crippen molar-refractivity contribution in [1.82, 2.24) is 10.3 Å². The number of aromatic nitrogens is 1. The lowest BCUT2D eigenvalue weighted by atomic mass is 9.95. The van der Waals surface area contributed by atoms with E-state index in [1.54, 1.807) is 0 Å². The summed E-state index contributed by atoms with van der Waals surface area (Å²) < 4.78 is 12.2. The number of esters is 1. The van der Waals surface area contributed by atoms with E-state index in [4.69, 9.17) is 21.1 Å². The predicted octanol–water partition coefficient (Wildman–Crippen LogP) is 4.43. The quantitative estimate of drug-likeness (QED) is 0.550. The largest absolute Gasteiger partial charge is 0.460 e. The van der Waals surface area contributed by atoms with Crippen LogP contribution < -0.4 is 5.32 Å². The van der Waals surface area contributed by atoms with Crippen LogP contribution in [0.3, 0.4) is 0 Å². The maximum atomic E-state index is 12.1. The van der Waals surface area contributed by atoms with Crippen LogP contribution in [0.5, 0.6) is 0 Å². The van der Waals surface area contributed by atoms with E-state index in [-0.39, 0.29) is 24.2 Å². The SMILES string of the molecule is CCC1COC(c2cc(Cl)nc(Br)c2)C(CCC(=O)OC(C)(C)C)N1. The average molecular weight is 434 g/mol. The number of nitrogens with zero attached hydrogens (tertiary/aromatic N) is 1. The molecule has 3 atom stereocenters. The Morgan fingerprint density at radius 1 is 1.48 bits per heavy atom. The van der Waals surface area contributed by atoms with Crippen LogP contribution in [0.25, 0.3) is 0 Å². The first-order valence-corrected chi connectivity index (χ1v) is 9.77. The number of hydrogen-bond acceptors (Lipinski definition) is 5. The summed E-state index contributed by atoms with van der Waals surface area (Å²) in [6, 6.07) is 4.01. The maximum absolute atomic E-state index is 12.1. The van der Waals surface area contributed by atoms with Gasteiger partial charge in [-0.15, -0.1) is 0 Å². The second-order valence-electron chi connectivity index (χ2n) is 7.30. The third-order valence-corrected chi connectivity index (χ3v) is 4.58. The van der Waals surface area contributed by atoms with Crippen LogP contribution >= 0.6 is 27.5 Å². The van der Waals surface area contributed by atoms with Crippen molar-refractivity contribution in [1.29, 1.82) is 0 Å². The second kappa shape index (κ2) is 8.80. The minimum atomic E-state index is -0.470. The van der Waals surface area contributed by atoms with Crippen LogP contribution in [0.4, 0.5) is 0 Å². The van der Waals surface area contributed by atoms with Gasteiger partial charge in [0.05, 0.1) is 12.7 Å². The lowest BCUT2D eigenvalue weighted by molar-refractivity contribution is -0.155. The molecule has 0 spiro atoms. The van der Waals surface area contributed by atoms with Crippen molar-refractivity contribution in [2.24, 2.45) is 0 Å². The van der Waals surface area contributed by atoms with Crippen LogP contribution in [0.1, 0.15) is 58.6 Å². The van der Waals surface area contributed by atoms with Gasteiger partial charge in [0.25, 0.3) is 0 Å². The minimum absolute atomic E-state index is 0.0107. The van der Waals surface area contributed by atoms with Crippen molar-refractivity contribution in [2.45, 2.75) is 70.7 Å². The molecule has 0 bridgehead atoms. The number of morpholine rings is 1. The molecule has 2 rings (SSSR count). The molecule has 1 aromatic rings. The normalized spacial score (nSPS) is 24.2. The van der Waals surface area contributed by atoms with Gasteiger partial charge in [0, 0.05) is 18.5 Å².